The molecule has 0 saturated carbocycles. The Morgan fingerprint density at radius 2 is 1.81 bits per heavy atom. The molecule has 1 aromatic carbocycles. The summed E-state index contributed by atoms with van der Waals surface area (Å²) in [4.78, 5) is 8.14. The number of benzene rings is 1. The van der Waals surface area contributed by atoms with Gasteiger partial charge < -0.3 is 15.3 Å². The first-order valence-electron chi connectivity index (χ1n) is 9.43. The number of hydrogen-bond donors (Lipinski definition) is 2. The lowest BCUT2D eigenvalue weighted by Crippen LogP contribution is -2.56. The summed E-state index contributed by atoms with van der Waals surface area (Å²) in [5, 5.41) is 12.5. The van der Waals surface area contributed by atoms with E-state index in [1.807, 2.05) is 24.0 Å². The summed E-state index contributed by atoms with van der Waals surface area (Å²) >= 11 is 0. The fourth-order valence-electron chi connectivity index (χ4n) is 3.08. The van der Waals surface area contributed by atoms with E-state index in [0.717, 1.165) is 30.9 Å². The molecule has 152 valence electrons. The van der Waals surface area contributed by atoms with E-state index in [1.165, 1.54) is 11.8 Å². The average Bonchev–Trinajstić information content (AvgIpc) is 2.64. The predicted molar refractivity (Wildman–Crippen MR) is 101 cm³/mol. The lowest BCUT2D eigenvalue weighted by molar-refractivity contribution is -0.181. The van der Waals surface area contributed by atoms with E-state index in [0.29, 0.717) is 32.7 Å². The van der Waals surface area contributed by atoms with Gasteiger partial charge in [0.2, 0.25) is 0 Å². The van der Waals surface area contributed by atoms with Crippen LogP contribution in [0.5, 0.6) is 5.75 Å². The molecule has 1 aliphatic rings. The molecule has 0 aromatic heterocycles. The van der Waals surface area contributed by atoms with Gasteiger partial charge in [-0.25, -0.2) is 0 Å². The van der Waals surface area contributed by atoms with E-state index in [9.17, 15) is 18.3 Å². The van der Waals surface area contributed by atoms with E-state index in [4.69, 9.17) is 0 Å². The van der Waals surface area contributed by atoms with Crippen molar-refractivity contribution in [2.24, 2.45) is 4.99 Å². The maximum atomic E-state index is 12.9. The molecule has 1 fully saturated rings. The van der Waals surface area contributed by atoms with E-state index in [2.05, 4.69) is 10.3 Å². The summed E-state index contributed by atoms with van der Waals surface area (Å²) in [6.45, 7) is 6.37. The molecule has 1 atom stereocenters. The van der Waals surface area contributed by atoms with Crippen LogP contribution in [0.25, 0.3) is 0 Å². The van der Waals surface area contributed by atoms with E-state index < -0.39 is 12.2 Å². The van der Waals surface area contributed by atoms with E-state index in [-0.39, 0.29) is 5.75 Å². The van der Waals surface area contributed by atoms with Crippen molar-refractivity contribution in [3.63, 3.8) is 0 Å². The van der Waals surface area contributed by atoms with E-state index >= 15 is 0 Å². The molecule has 27 heavy (non-hydrogen) atoms. The lowest BCUT2D eigenvalue weighted by atomic mass is 10.1. The van der Waals surface area contributed by atoms with Crippen LogP contribution in [-0.4, -0.2) is 72.4 Å². The molecule has 2 N–H and O–H groups in total. The molecule has 1 unspecified atom stereocenters. The van der Waals surface area contributed by atoms with Crippen molar-refractivity contribution < 1.29 is 18.3 Å². The molecule has 0 amide bonds. The minimum atomic E-state index is -4.19. The molecule has 2 rings (SSSR count). The third-order valence-electron chi connectivity index (χ3n) is 4.79. The van der Waals surface area contributed by atoms with Gasteiger partial charge in [0.15, 0.2) is 5.96 Å². The monoisotopic (exact) mass is 386 g/mol. The van der Waals surface area contributed by atoms with Gasteiger partial charge in [0.05, 0.1) is 0 Å². The smallest absolute Gasteiger partial charge is 0.403 e. The quantitative estimate of drug-likeness (QED) is 0.449. The zero-order chi connectivity index (χ0) is 19.9. The molecule has 5 nitrogen and oxygen atoms in total. The average molecular weight is 386 g/mol. The van der Waals surface area contributed by atoms with Crippen LogP contribution >= 0.6 is 0 Å². The van der Waals surface area contributed by atoms with Crippen molar-refractivity contribution in [1.29, 1.82) is 0 Å². The van der Waals surface area contributed by atoms with Gasteiger partial charge in [-0.05, 0) is 44.4 Å². The zero-order valence-corrected chi connectivity index (χ0v) is 16.0. The SMILES string of the molecule is CCNC(=NCCCc1ccc(O)cc1)N1CCN(C(C)C(F)(F)F)CC1. The van der Waals surface area contributed by atoms with Gasteiger partial charge in [0.25, 0.3) is 0 Å². The Labute approximate surface area is 158 Å². The van der Waals surface area contributed by atoms with Gasteiger partial charge in [-0.15, -0.1) is 0 Å². The number of phenolic OH excluding ortho intramolecular Hbond substituents is 1. The van der Waals surface area contributed by atoms with Crippen molar-refractivity contribution in [1.82, 2.24) is 15.1 Å². The summed E-state index contributed by atoms with van der Waals surface area (Å²) in [5.41, 5.74) is 1.14. The number of aliphatic imine (C=N–C) groups is 1. The Morgan fingerprint density at radius 3 is 2.37 bits per heavy atom. The second kappa shape index (κ2) is 9.82. The minimum absolute atomic E-state index is 0.255. The molecule has 1 aliphatic heterocycles. The fourth-order valence-corrected chi connectivity index (χ4v) is 3.08. The summed E-state index contributed by atoms with van der Waals surface area (Å²) in [6.07, 6.45) is -2.46. The van der Waals surface area contributed by atoms with Gasteiger partial charge in [-0.2, -0.15) is 13.2 Å². The number of halogens is 3. The van der Waals surface area contributed by atoms with Gasteiger partial charge in [-0.3, -0.25) is 9.89 Å². The number of rotatable bonds is 6. The number of piperazine rings is 1. The van der Waals surface area contributed by atoms with Gasteiger partial charge in [-0.1, -0.05) is 12.1 Å². The number of alkyl halides is 3. The summed E-state index contributed by atoms with van der Waals surface area (Å²) < 4.78 is 38.6. The van der Waals surface area contributed by atoms with Crippen LogP contribution in [0.3, 0.4) is 0 Å². The predicted octanol–water partition coefficient (Wildman–Crippen LogP) is 2.86. The number of phenols is 1. The van der Waals surface area contributed by atoms with Crippen LogP contribution in [0.4, 0.5) is 13.2 Å². The first kappa shape index (κ1) is 21.3. The van der Waals surface area contributed by atoms with Crippen molar-refractivity contribution >= 4 is 5.96 Å². The van der Waals surface area contributed by atoms with E-state index in [1.54, 1.807) is 12.1 Å². The van der Waals surface area contributed by atoms with Crippen molar-refractivity contribution in [3.8, 4) is 5.75 Å². The second-order valence-corrected chi connectivity index (χ2v) is 6.75. The maximum absolute atomic E-state index is 12.9. The summed E-state index contributed by atoms with van der Waals surface area (Å²) in [5.74, 6) is 1.02. The highest BCUT2D eigenvalue weighted by atomic mass is 19.4. The van der Waals surface area contributed by atoms with Crippen molar-refractivity contribution in [2.45, 2.75) is 38.9 Å². The largest absolute Gasteiger partial charge is 0.508 e. The molecule has 0 spiro atoms. The number of nitrogens with one attached hydrogen (secondary N) is 1. The normalized spacial score (nSPS) is 17.8. The molecular formula is C19H29F3N4O. The Balaban J connectivity index is 1.83. The van der Waals surface area contributed by atoms with Gasteiger partial charge >= 0.3 is 6.18 Å². The second-order valence-electron chi connectivity index (χ2n) is 6.75. The van der Waals surface area contributed by atoms with Crippen molar-refractivity contribution in [3.05, 3.63) is 29.8 Å². The summed E-state index contributed by atoms with van der Waals surface area (Å²) in [6, 6.07) is 5.72. The molecule has 0 radical (unpaired) electrons. The first-order valence-corrected chi connectivity index (χ1v) is 9.43. The lowest BCUT2D eigenvalue weighted by Gasteiger charge is -2.39. The highest BCUT2D eigenvalue weighted by Gasteiger charge is 2.41. The van der Waals surface area contributed by atoms with Gasteiger partial charge in [0, 0.05) is 39.3 Å². The Hall–Kier alpha value is -1.96. The number of guanidine groups is 1. The number of aryl methyl sites for hydroxylation is 1. The topological polar surface area (TPSA) is 51.1 Å². The molecule has 1 saturated heterocycles. The molecule has 1 aromatic rings. The molecule has 0 bridgehead atoms. The van der Waals surface area contributed by atoms with Gasteiger partial charge in [0.1, 0.15) is 11.8 Å². The van der Waals surface area contributed by atoms with Crippen LogP contribution in [0.15, 0.2) is 29.3 Å². The fraction of sp³-hybridized carbons (Fsp3) is 0.632. The number of hydrogen-bond acceptors (Lipinski definition) is 3. The number of nitrogens with zero attached hydrogens (tertiary/aromatic N) is 3. The van der Waals surface area contributed by atoms with Crippen LogP contribution < -0.4 is 5.32 Å². The third-order valence-corrected chi connectivity index (χ3v) is 4.79. The maximum Gasteiger partial charge on any atom is 0.403 e. The Bertz CT molecular complexity index is 596. The minimum Gasteiger partial charge on any atom is -0.508 e. The molecule has 8 heteroatoms. The molecule has 0 aliphatic carbocycles. The highest BCUT2D eigenvalue weighted by Crippen LogP contribution is 2.25. The highest BCUT2D eigenvalue weighted by molar-refractivity contribution is 5.80. The molecule has 1 heterocycles. The first-order chi connectivity index (χ1) is 12.8. The van der Waals surface area contributed by atoms with Crippen LogP contribution in [-0.2, 0) is 6.42 Å². The van der Waals surface area contributed by atoms with Crippen LogP contribution in [0.2, 0.25) is 0 Å². The third kappa shape index (κ3) is 6.61. The standard InChI is InChI=1S/C19H29F3N4O/c1-3-23-18(24-10-4-5-16-6-8-17(27)9-7-16)26-13-11-25(12-14-26)15(2)19(20,21)22/h6-9,15,27H,3-5,10-14H2,1-2H3,(H,23,24). The Kier molecular flexibility index (Phi) is 7.77. The zero-order valence-electron chi connectivity index (χ0n) is 16.0. The molecular weight excluding hydrogens is 357 g/mol. The van der Waals surface area contributed by atoms with Crippen LogP contribution in [0.1, 0.15) is 25.8 Å². The summed E-state index contributed by atoms with van der Waals surface area (Å²) in [7, 11) is 0. The number of aromatic hydroxyl groups is 1. The van der Waals surface area contributed by atoms with Crippen molar-refractivity contribution in [2.75, 3.05) is 39.3 Å². The van der Waals surface area contributed by atoms with Crippen LogP contribution in [0, 0.1) is 0 Å². The Morgan fingerprint density at radius 1 is 1.19 bits per heavy atom.